The van der Waals surface area contributed by atoms with Gasteiger partial charge >= 0.3 is 0 Å². The third-order valence-corrected chi connectivity index (χ3v) is 5.95. The number of primary amides is 1. The Morgan fingerprint density at radius 2 is 1.69 bits per heavy atom. The van der Waals surface area contributed by atoms with Gasteiger partial charge in [-0.25, -0.2) is 0 Å². The molecule has 2 aromatic carbocycles. The van der Waals surface area contributed by atoms with Gasteiger partial charge in [0.05, 0.1) is 5.54 Å². The van der Waals surface area contributed by atoms with Gasteiger partial charge in [-0.3, -0.25) is 9.28 Å². The first-order valence-electron chi connectivity index (χ1n) is 9.84. The van der Waals surface area contributed by atoms with Crippen molar-refractivity contribution in [2.45, 2.75) is 57.8 Å². The Bertz CT molecular complexity index is 874. The fraction of sp³-hybridized carbons (Fsp3) is 0.391. The Morgan fingerprint density at radius 1 is 1.07 bits per heavy atom. The molecule has 1 unspecified atom stereocenters. The summed E-state index contributed by atoms with van der Waals surface area (Å²) in [6.07, 6.45) is -0.311. The second-order valence-electron chi connectivity index (χ2n) is 8.57. The van der Waals surface area contributed by atoms with Gasteiger partial charge in [-0.1, -0.05) is 30.3 Å². The first-order valence-corrected chi connectivity index (χ1v) is 9.84. The normalized spacial score (nSPS) is 24.2. The highest BCUT2D eigenvalue weighted by molar-refractivity contribution is 5.81. The van der Waals surface area contributed by atoms with Crippen LogP contribution in [0, 0.1) is 0 Å². The molecule has 154 valence electrons. The lowest BCUT2D eigenvalue weighted by atomic mass is 9.94. The van der Waals surface area contributed by atoms with Gasteiger partial charge < -0.3 is 20.4 Å². The number of hydrogen-bond acceptors (Lipinski definition) is 4. The van der Waals surface area contributed by atoms with Crippen LogP contribution in [-0.4, -0.2) is 28.1 Å². The molecule has 0 saturated carbocycles. The fourth-order valence-electron chi connectivity index (χ4n) is 4.68. The van der Waals surface area contributed by atoms with Gasteiger partial charge in [0.15, 0.2) is 6.04 Å². The molecule has 0 bridgehead atoms. The molecule has 1 aliphatic heterocycles. The average Bonchev–Trinajstić information content (AvgIpc) is 3.10. The number of benzene rings is 2. The maximum absolute atomic E-state index is 12.4. The van der Waals surface area contributed by atoms with Gasteiger partial charge in [0.2, 0.25) is 0 Å². The van der Waals surface area contributed by atoms with Gasteiger partial charge in [0.1, 0.15) is 18.4 Å². The summed E-state index contributed by atoms with van der Waals surface area (Å²) in [7, 11) is 0. The Hall–Kier alpha value is -2.86. The highest BCUT2D eigenvalue weighted by atomic mass is 16.5. The molecule has 3 atom stereocenters. The summed E-state index contributed by atoms with van der Waals surface area (Å²) in [5, 5.41) is 12.4. The lowest BCUT2D eigenvalue weighted by Crippen LogP contribution is -2.72. The smallest absolute Gasteiger partial charge is 0.276 e. The summed E-state index contributed by atoms with van der Waals surface area (Å²) in [5.74, 6) is 0.0961. The van der Waals surface area contributed by atoms with Crippen LogP contribution in [0.4, 0.5) is 4.79 Å². The summed E-state index contributed by atoms with van der Waals surface area (Å²) in [6.45, 7) is 5.89. The van der Waals surface area contributed by atoms with Crippen LogP contribution in [0.1, 0.15) is 50.8 Å². The van der Waals surface area contributed by atoms with E-state index < -0.39 is 34.1 Å². The van der Waals surface area contributed by atoms with Crippen molar-refractivity contribution in [3.8, 4) is 5.75 Å². The van der Waals surface area contributed by atoms with Crippen LogP contribution >= 0.6 is 0 Å². The van der Waals surface area contributed by atoms with Gasteiger partial charge in [-0.2, -0.15) is 0 Å². The molecule has 6 heteroatoms. The third-order valence-electron chi connectivity index (χ3n) is 5.95. The number of carboxylic acid groups (broad SMARTS) is 1. The Balaban J connectivity index is 1.88. The van der Waals surface area contributed by atoms with Gasteiger partial charge in [-0.05, 0) is 50.6 Å². The topological polar surface area (TPSA) is 92.5 Å². The number of nitrogens with two attached hydrogens (primary N) is 1. The lowest BCUT2D eigenvalue weighted by Gasteiger charge is -2.52. The molecule has 2 N–H and O–H groups in total. The second kappa shape index (κ2) is 7.87. The van der Waals surface area contributed by atoms with Crippen molar-refractivity contribution in [1.29, 1.82) is 0 Å². The number of quaternary nitrogens is 1. The van der Waals surface area contributed by atoms with E-state index in [2.05, 4.69) is 0 Å². The van der Waals surface area contributed by atoms with Crippen LogP contribution in [0.15, 0.2) is 54.6 Å². The zero-order valence-electron chi connectivity index (χ0n) is 17.1. The number of nitrogens with zero attached hydrogens (tertiary/aromatic N) is 1. The number of carbonyl (C=O) groups is 2. The fourth-order valence-corrected chi connectivity index (χ4v) is 4.68. The maximum atomic E-state index is 12.4. The summed E-state index contributed by atoms with van der Waals surface area (Å²) in [4.78, 5) is 24.5. The second-order valence-corrected chi connectivity index (χ2v) is 8.57. The van der Waals surface area contributed by atoms with Crippen molar-refractivity contribution in [2.24, 2.45) is 5.73 Å². The molecule has 1 fully saturated rings. The Morgan fingerprint density at radius 3 is 2.21 bits per heavy atom. The van der Waals surface area contributed by atoms with E-state index in [0.717, 1.165) is 11.1 Å². The lowest BCUT2D eigenvalue weighted by molar-refractivity contribution is -0.948. The third kappa shape index (κ3) is 3.72. The highest BCUT2D eigenvalue weighted by Crippen LogP contribution is 2.49. The van der Waals surface area contributed by atoms with Crippen molar-refractivity contribution in [3.63, 3.8) is 0 Å². The molecule has 2 aromatic rings. The molecular formula is C23H28N2O4. The number of rotatable bonds is 5. The number of carbonyl (C=O) groups excluding carboxylic acids is 2. The standard InChI is InChI=1S/C23H28N2O4/c1-23(2,3)25(22(27)28)19(13-14-20(25)21(24)26)17-9-11-18(12-10-17)29-15-16-7-5-4-6-8-16/h4-12,19-20H,13-15H2,1-3H3,(H2-,24,26,27,28)/t19-,20-,25?/m0/s1. The average molecular weight is 396 g/mol. The molecule has 0 aliphatic carbocycles. The van der Waals surface area contributed by atoms with Crippen molar-refractivity contribution in [2.75, 3.05) is 0 Å². The molecule has 3 rings (SSSR count). The van der Waals surface area contributed by atoms with E-state index in [1.165, 1.54) is 0 Å². The zero-order chi connectivity index (χ0) is 21.2. The van der Waals surface area contributed by atoms with Crippen molar-refractivity contribution in [1.82, 2.24) is 0 Å². The van der Waals surface area contributed by atoms with Crippen molar-refractivity contribution >= 4 is 12.0 Å². The van der Waals surface area contributed by atoms with E-state index >= 15 is 0 Å². The maximum Gasteiger partial charge on any atom is 0.276 e. The molecule has 1 heterocycles. The first kappa shape index (κ1) is 20.9. The van der Waals surface area contributed by atoms with Crippen LogP contribution < -0.4 is 15.6 Å². The van der Waals surface area contributed by atoms with Crippen LogP contribution in [-0.2, 0) is 11.4 Å². The summed E-state index contributed by atoms with van der Waals surface area (Å²) >= 11 is 0. The summed E-state index contributed by atoms with van der Waals surface area (Å²) < 4.78 is 5.33. The minimum Gasteiger partial charge on any atom is -0.498 e. The van der Waals surface area contributed by atoms with Gasteiger partial charge in [0.25, 0.3) is 12.0 Å². The van der Waals surface area contributed by atoms with E-state index in [9.17, 15) is 14.7 Å². The molecular weight excluding hydrogens is 368 g/mol. The summed E-state index contributed by atoms with van der Waals surface area (Å²) in [6, 6.07) is 16.0. The van der Waals surface area contributed by atoms with Crippen LogP contribution in [0.5, 0.6) is 5.75 Å². The van der Waals surface area contributed by atoms with E-state index in [-0.39, 0.29) is 0 Å². The number of amides is 2. The van der Waals surface area contributed by atoms with Crippen molar-refractivity contribution in [3.05, 3.63) is 65.7 Å². The van der Waals surface area contributed by atoms with Gasteiger partial charge in [0, 0.05) is 18.4 Å². The predicted molar refractivity (Wildman–Crippen MR) is 108 cm³/mol. The van der Waals surface area contributed by atoms with E-state index in [4.69, 9.17) is 10.5 Å². The van der Waals surface area contributed by atoms with Gasteiger partial charge in [-0.15, -0.1) is 0 Å². The molecule has 1 aliphatic rings. The number of hydrogen-bond donors (Lipinski definition) is 1. The monoisotopic (exact) mass is 396 g/mol. The first-order chi connectivity index (χ1) is 13.7. The van der Waals surface area contributed by atoms with E-state index in [0.29, 0.717) is 25.2 Å². The molecule has 1 saturated heterocycles. The Kier molecular flexibility index (Phi) is 5.66. The molecule has 2 amide bonds. The molecule has 0 radical (unpaired) electrons. The van der Waals surface area contributed by atoms with E-state index in [1.807, 2.05) is 75.4 Å². The predicted octanol–water partition coefficient (Wildman–Crippen LogP) is 2.91. The van der Waals surface area contributed by atoms with E-state index in [1.54, 1.807) is 0 Å². The minimum absolute atomic E-state index is 0.414. The SMILES string of the molecule is CC(C)(C)[N+]1(C(=O)[O-])[C@H](C(N)=O)CC[C@H]1c1ccc(OCc2ccccc2)cc1. The minimum atomic E-state index is -1.27. The van der Waals surface area contributed by atoms with Crippen LogP contribution in [0.2, 0.25) is 0 Å². The molecule has 6 nitrogen and oxygen atoms in total. The van der Waals surface area contributed by atoms with Crippen LogP contribution in [0.3, 0.4) is 0 Å². The number of likely N-dealkylation sites (tertiary alicyclic amines) is 1. The molecule has 0 aromatic heterocycles. The number of ether oxygens (including phenoxy) is 1. The van der Waals surface area contributed by atoms with Crippen molar-refractivity contribution < 1.29 is 23.9 Å². The highest BCUT2D eigenvalue weighted by Gasteiger charge is 2.60. The quantitative estimate of drug-likeness (QED) is 0.787. The summed E-state index contributed by atoms with van der Waals surface area (Å²) in [5.41, 5.74) is 6.74. The molecule has 29 heavy (non-hydrogen) atoms. The Labute approximate surface area is 171 Å². The van der Waals surface area contributed by atoms with Crippen LogP contribution in [0.25, 0.3) is 0 Å². The largest absolute Gasteiger partial charge is 0.498 e. The molecule has 0 spiro atoms. The zero-order valence-corrected chi connectivity index (χ0v) is 17.1.